The summed E-state index contributed by atoms with van der Waals surface area (Å²) in [5.74, 6) is -0.281. The molecule has 0 spiro atoms. The molecule has 1 aromatic carbocycles. The minimum atomic E-state index is -0.281. The van der Waals surface area contributed by atoms with Gasteiger partial charge in [-0.05, 0) is 11.1 Å². The Morgan fingerprint density at radius 2 is 1.83 bits per heavy atom. The average molecular weight is 246 g/mol. The van der Waals surface area contributed by atoms with E-state index in [-0.39, 0.29) is 24.1 Å². The van der Waals surface area contributed by atoms with Gasteiger partial charge in [-0.25, -0.2) is 4.79 Å². The molecule has 1 unspecified atom stereocenters. The van der Waals surface area contributed by atoms with E-state index in [1.807, 2.05) is 45.0 Å². The molecule has 0 fully saturated rings. The van der Waals surface area contributed by atoms with Crippen molar-refractivity contribution in [3.05, 3.63) is 41.5 Å². The number of carbonyl (C=O) groups excluding carboxylic acids is 1. The van der Waals surface area contributed by atoms with Crippen molar-refractivity contribution >= 4 is 11.5 Å². The second kappa shape index (κ2) is 4.58. The van der Waals surface area contributed by atoms with Crippen LogP contribution < -0.4 is 0 Å². The minimum Gasteiger partial charge on any atom is -0.454 e. The van der Waals surface area contributed by atoms with Crippen LogP contribution in [0.25, 0.3) is 5.57 Å². The van der Waals surface area contributed by atoms with E-state index in [0.29, 0.717) is 0 Å². The van der Waals surface area contributed by atoms with Crippen LogP contribution in [0.3, 0.4) is 0 Å². The molecule has 1 atom stereocenters. The lowest BCUT2D eigenvalue weighted by molar-refractivity contribution is -0.141. The lowest BCUT2D eigenvalue weighted by Crippen LogP contribution is -2.28. The predicted octanol–water partition coefficient (Wildman–Crippen LogP) is 2.53. The van der Waals surface area contributed by atoms with E-state index in [9.17, 15) is 4.79 Å². The van der Waals surface area contributed by atoms with Crippen molar-refractivity contribution in [2.24, 2.45) is 5.41 Å². The first-order valence-electron chi connectivity index (χ1n) is 6.04. The van der Waals surface area contributed by atoms with Crippen molar-refractivity contribution < 1.29 is 14.6 Å². The zero-order valence-electron chi connectivity index (χ0n) is 10.9. The molecule has 0 aromatic heterocycles. The normalized spacial score (nSPS) is 19.7. The second-order valence-electron chi connectivity index (χ2n) is 5.64. The Labute approximate surface area is 107 Å². The Hall–Kier alpha value is -1.61. The van der Waals surface area contributed by atoms with Crippen LogP contribution >= 0.6 is 0 Å². The molecule has 1 aliphatic heterocycles. The van der Waals surface area contributed by atoms with Crippen LogP contribution in [0.1, 0.15) is 31.9 Å². The van der Waals surface area contributed by atoms with Crippen molar-refractivity contribution in [2.45, 2.75) is 33.5 Å². The first-order valence-corrected chi connectivity index (χ1v) is 6.04. The highest BCUT2D eigenvalue weighted by molar-refractivity contribution is 5.97. The third kappa shape index (κ3) is 2.46. The van der Waals surface area contributed by atoms with Gasteiger partial charge in [0, 0.05) is 17.1 Å². The standard InChI is InChI=1S/C15H18O3/c1-15(2,3)14-12(8-13(17)18-14)11-6-4-10(9-16)5-7-11/h4-8,14,16H,9H2,1-3H3. The smallest absolute Gasteiger partial charge is 0.331 e. The van der Waals surface area contributed by atoms with Crippen LogP contribution in [-0.2, 0) is 16.1 Å². The molecule has 3 heteroatoms. The molecule has 0 bridgehead atoms. The topological polar surface area (TPSA) is 46.5 Å². The maximum atomic E-state index is 11.5. The van der Waals surface area contributed by atoms with Crippen LogP contribution in [-0.4, -0.2) is 17.2 Å². The van der Waals surface area contributed by atoms with Crippen LogP contribution in [0.2, 0.25) is 0 Å². The molecule has 1 aromatic rings. The summed E-state index contributed by atoms with van der Waals surface area (Å²) in [6.45, 7) is 6.17. The fourth-order valence-electron chi connectivity index (χ4n) is 2.10. The van der Waals surface area contributed by atoms with E-state index in [0.717, 1.165) is 16.7 Å². The lowest BCUT2D eigenvalue weighted by Gasteiger charge is -2.28. The zero-order valence-corrected chi connectivity index (χ0v) is 10.9. The predicted molar refractivity (Wildman–Crippen MR) is 69.7 cm³/mol. The summed E-state index contributed by atoms with van der Waals surface area (Å²) in [7, 11) is 0. The molecule has 0 amide bonds. The fourth-order valence-corrected chi connectivity index (χ4v) is 2.10. The number of hydrogen-bond donors (Lipinski definition) is 1. The largest absolute Gasteiger partial charge is 0.454 e. The maximum absolute atomic E-state index is 11.5. The number of carbonyl (C=O) groups is 1. The van der Waals surface area contributed by atoms with Crippen molar-refractivity contribution in [3.63, 3.8) is 0 Å². The molecule has 1 heterocycles. The summed E-state index contributed by atoms with van der Waals surface area (Å²) >= 11 is 0. The van der Waals surface area contributed by atoms with Crippen molar-refractivity contribution in [1.82, 2.24) is 0 Å². The van der Waals surface area contributed by atoms with Gasteiger partial charge in [0.15, 0.2) is 0 Å². The third-order valence-electron chi connectivity index (χ3n) is 3.05. The molecule has 18 heavy (non-hydrogen) atoms. The van der Waals surface area contributed by atoms with Gasteiger partial charge >= 0.3 is 5.97 Å². The molecular formula is C15H18O3. The molecule has 0 aliphatic carbocycles. The van der Waals surface area contributed by atoms with Gasteiger partial charge in [-0.1, -0.05) is 45.0 Å². The van der Waals surface area contributed by atoms with Crippen LogP contribution in [0.4, 0.5) is 0 Å². The summed E-state index contributed by atoms with van der Waals surface area (Å²) in [6.07, 6.45) is 1.34. The van der Waals surface area contributed by atoms with Gasteiger partial charge in [-0.15, -0.1) is 0 Å². The van der Waals surface area contributed by atoms with Gasteiger partial charge in [0.2, 0.25) is 0 Å². The monoisotopic (exact) mass is 246 g/mol. The molecule has 3 nitrogen and oxygen atoms in total. The molecule has 0 saturated heterocycles. The number of aliphatic hydroxyl groups is 1. The van der Waals surface area contributed by atoms with Crippen molar-refractivity contribution in [1.29, 1.82) is 0 Å². The summed E-state index contributed by atoms with van der Waals surface area (Å²) in [5, 5.41) is 9.02. The fraction of sp³-hybridized carbons (Fsp3) is 0.400. The maximum Gasteiger partial charge on any atom is 0.331 e. The number of aliphatic hydroxyl groups excluding tert-OH is 1. The Morgan fingerprint density at radius 3 is 2.33 bits per heavy atom. The van der Waals surface area contributed by atoms with Gasteiger partial charge in [0.25, 0.3) is 0 Å². The first-order chi connectivity index (χ1) is 8.41. The summed E-state index contributed by atoms with van der Waals surface area (Å²) in [4.78, 5) is 11.5. The van der Waals surface area contributed by atoms with Crippen molar-refractivity contribution in [3.8, 4) is 0 Å². The molecule has 1 aliphatic rings. The Bertz CT molecular complexity index is 477. The van der Waals surface area contributed by atoms with Gasteiger partial charge < -0.3 is 9.84 Å². The van der Waals surface area contributed by atoms with E-state index in [1.54, 1.807) is 6.08 Å². The number of cyclic esters (lactones) is 1. The van der Waals surface area contributed by atoms with Gasteiger partial charge in [0.1, 0.15) is 6.10 Å². The summed E-state index contributed by atoms with van der Waals surface area (Å²) < 4.78 is 5.37. The van der Waals surface area contributed by atoms with E-state index in [2.05, 4.69) is 0 Å². The lowest BCUT2D eigenvalue weighted by atomic mass is 9.82. The molecule has 0 saturated carbocycles. The number of hydrogen-bond acceptors (Lipinski definition) is 3. The van der Waals surface area contributed by atoms with E-state index >= 15 is 0 Å². The van der Waals surface area contributed by atoms with E-state index in [4.69, 9.17) is 9.84 Å². The number of esters is 1. The SMILES string of the molecule is CC(C)(C)C1OC(=O)C=C1c1ccc(CO)cc1. The summed E-state index contributed by atoms with van der Waals surface area (Å²) in [6, 6.07) is 7.55. The highest BCUT2D eigenvalue weighted by Crippen LogP contribution is 2.37. The van der Waals surface area contributed by atoms with Crippen molar-refractivity contribution in [2.75, 3.05) is 0 Å². The highest BCUT2D eigenvalue weighted by atomic mass is 16.5. The Morgan fingerprint density at radius 1 is 1.22 bits per heavy atom. The number of rotatable bonds is 2. The minimum absolute atomic E-state index is 0.0253. The molecule has 2 rings (SSSR count). The van der Waals surface area contributed by atoms with E-state index < -0.39 is 0 Å². The second-order valence-corrected chi connectivity index (χ2v) is 5.64. The molecule has 1 N–H and O–H groups in total. The Balaban J connectivity index is 2.35. The van der Waals surface area contributed by atoms with Crippen LogP contribution in [0.5, 0.6) is 0 Å². The van der Waals surface area contributed by atoms with Gasteiger partial charge in [-0.2, -0.15) is 0 Å². The third-order valence-corrected chi connectivity index (χ3v) is 3.05. The number of benzene rings is 1. The Kier molecular flexibility index (Phi) is 3.26. The molecule has 96 valence electrons. The quantitative estimate of drug-likeness (QED) is 0.816. The zero-order chi connectivity index (χ0) is 13.3. The van der Waals surface area contributed by atoms with E-state index in [1.165, 1.54) is 0 Å². The number of ether oxygens (including phenoxy) is 1. The summed E-state index contributed by atoms with van der Waals surface area (Å²) in [5.41, 5.74) is 2.61. The molecule has 0 radical (unpaired) electrons. The average Bonchev–Trinajstić information content (AvgIpc) is 2.71. The van der Waals surface area contributed by atoms with Gasteiger partial charge in [0.05, 0.1) is 6.61 Å². The van der Waals surface area contributed by atoms with Gasteiger partial charge in [-0.3, -0.25) is 0 Å². The van der Waals surface area contributed by atoms with Crippen LogP contribution in [0.15, 0.2) is 30.3 Å². The highest BCUT2D eigenvalue weighted by Gasteiger charge is 2.36. The molecular weight excluding hydrogens is 228 g/mol. The first kappa shape index (κ1) is 12.8. The van der Waals surface area contributed by atoms with Crippen LogP contribution in [0, 0.1) is 5.41 Å².